The van der Waals surface area contributed by atoms with E-state index in [4.69, 9.17) is 5.73 Å². The monoisotopic (exact) mass is 258 g/mol. The molecule has 1 saturated carbocycles. The van der Waals surface area contributed by atoms with E-state index in [1.54, 1.807) is 19.1 Å². The number of hydrogen-bond acceptors (Lipinski definition) is 4. The lowest BCUT2D eigenvalue weighted by Gasteiger charge is -2.13. The first-order valence-electron chi connectivity index (χ1n) is 5.24. The highest BCUT2D eigenvalue weighted by molar-refractivity contribution is 5.85. The Morgan fingerprint density at radius 1 is 1.53 bits per heavy atom. The fourth-order valence-electron chi connectivity index (χ4n) is 1.90. The van der Waals surface area contributed by atoms with E-state index in [1.807, 2.05) is 0 Å². The molecule has 0 radical (unpaired) electrons. The molecular formula is C11H15ClN2O3. The summed E-state index contributed by atoms with van der Waals surface area (Å²) in [6, 6.07) is 3.02. The Labute approximate surface area is 105 Å². The van der Waals surface area contributed by atoms with Crippen LogP contribution in [0.3, 0.4) is 0 Å². The maximum atomic E-state index is 10.8. The predicted octanol–water partition coefficient (Wildman–Crippen LogP) is 2.44. The Morgan fingerprint density at radius 2 is 2.12 bits per heavy atom. The molecule has 1 aromatic carbocycles. The molecule has 0 amide bonds. The average molecular weight is 259 g/mol. The third-order valence-electron chi connectivity index (χ3n) is 3.06. The SMILES string of the molecule is Cc1ccc([C@@H](N)C2CC2)c(O)c1[N+](=O)[O-].Cl. The van der Waals surface area contributed by atoms with Crippen molar-refractivity contribution in [3.63, 3.8) is 0 Å². The Kier molecular flexibility index (Phi) is 3.95. The summed E-state index contributed by atoms with van der Waals surface area (Å²) in [6.07, 6.45) is 2.06. The van der Waals surface area contributed by atoms with Crippen molar-refractivity contribution in [3.05, 3.63) is 33.4 Å². The molecule has 0 saturated heterocycles. The van der Waals surface area contributed by atoms with E-state index < -0.39 is 4.92 Å². The number of phenols is 1. The van der Waals surface area contributed by atoms with Gasteiger partial charge in [0.15, 0.2) is 5.75 Å². The molecule has 1 atom stereocenters. The number of benzene rings is 1. The molecule has 3 N–H and O–H groups in total. The Bertz CT molecular complexity index is 447. The van der Waals surface area contributed by atoms with Gasteiger partial charge in [-0.2, -0.15) is 0 Å². The van der Waals surface area contributed by atoms with Crippen LogP contribution in [0.15, 0.2) is 12.1 Å². The van der Waals surface area contributed by atoms with Gasteiger partial charge in [-0.25, -0.2) is 0 Å². The van der Waals surface area contributed by atoms with E-state index in [0.29, 0.717) is 17.0 Å². The molecule has 1 aliphatic rings. The number of nitro groups is 1. The molecule has 0 aromatic heterocycles. The van der Waals surface area contributed by atoms with Gasteiger partial charge >= 0.3 is 5.69 Å². The smallest absolute Gasteiger partial charge is 0.313 e. The number of nitrogens with two attached hydrogens (primary N) is 1. The van der Waals surface area contributed by atoms with Crippen molar-refractivity contribution >= 4 is 18.1 Å². The molecule has 94 valence electrons. The van der Waals surface area contributed by atoms with E-state index in [9.17, 15) is 15.2 Å². The van der Waals surface area contributed by atoms with E-state index in [1.165, 1.54) is 0 Å². The van der Waals surface area contributed by atoms with Gasteiger partial charge in [0.1, 0.15) is 0 Å². The van der Waals surface area contributed by atoms with Crippen molar-refractivity contribution in [2.75, 3.05) is 0 Å². The van der Waals surface area contributed by atoms with Gasteiger partial charge < -0.3 is 10.8 Å². The van der Waals surface area contributed by atoms with Crippen LogP contribution in [0.2, 0.25) is 0 Å². The normalized spacial score (nSPS) is 16.1. The molecule has 0 bridgehead atoms. The quantitative estimate of drug-likeness (QED) is 0.644. The van der Waals surface area contributed by atoms with Gasteiger partial charge in [0.05, 0.1) is 4.92 Å². The Hall–Kier alpha value is -1.33. The second-order valence-electron chi connectivity index (χ2n) is 4.29. The molecule has 1 fully saturated rings. The Balaban J connectivity index is 0.00000144. The van der Waals surface area contributed by atoms with Crippen LogP contribution < -0.4 is 5.73 Å². The lowest BCUT2D eigenvalue weighted by molar-refractivity contribution is -0.386. The zero-order valence-corrected chi connectivity index (χ0v) is 10.2. The van der Waals surface area contributed by atoms with Crippen molar-refractivity contribution in [3.8, 4) is 5.75 Å². The van der Waals surface area contributed by atoms with E-state index in [0.717, 1.165) is 12.8 Å². The van der Waals surface area contributed by atoms with E-state index >= 15 is 0 Å². The molecular weight excluding hydrogens is 244 g/mol. The predicted molar refractivity (Wildman–Crippen MR) is 66.4 cm³/mol. The molecule has 0 aliphatic heterocycles. The van der Waals surface area contributed by atoms with Crippen molar-refractivity contribution in [2.45, 2.75) is 25.8 Å². The van der Waals surface area contributed by atoms with Crippen LogP contribution in [0.1, 0.15) is 30.0 Å². The minimum Gasteiger partial charge on any atom is -0.502 e. The Morgan fingerprint density at radius 3 is 2.59 bits per heavy atom. The van der Waals surface area contributed by atoms with Crippen LogP contribution in [0, 0.1) is 23.0 Å². The molecule has 1 aromatic rings. The molecule has 0 heterocycles. The van der Waals surface area contributed by atoms with Crippen LogP contribution in [0.4, 0.5) is 5.69 Å². The molecule has 0 spiro atoms. The summed E-state index contributed by atoms with van der Waals surface area (Å²) >= 11 is 0. The van der Waals surface area contributed by atoms with Crippen molar-refractivity contribution < 1.29 is 10.0 Å². The second kappa shape index (κ2) is 4.89. The largest absolute Gasteiger partial charge is 0.502 e. The summed E-state index contributed by atoms with van der Waals surface area (Å²) in [5.74, 6) is 0.0811. The summed E-state index contributed by atoms with van der Waals surface area (Å²) in [7, 11) is 0. The average Bonchev–Trinajstić information content (AvgIpc) is 2.99. The van der Waals surface area contributed by atoms with E-state index in [2.05, 4.69) is 0 Å². The van der Waals surface area contributed by atoms with Gasteiger partial charge in [-0.15, -0.1) is 12.4 Å². The van der Waals surface area contributed by atoms with Crippen LogP contribution >= 0.6 is 12.4 Å². The molecule has 17 heavy (non-hydrogen) atoms. The van der Waals surface area contributed by atoms with Gasteiger partial charge in [0.25, 0.3) is 0 Å². The van der Waals surface area contributed by atoms with Gasteiger partial charge in [0, 0.05) is 17.2 Å². The highest BCUT2D eigenvalue weighted by atomic mass is 35.5. The van der Waals surface area contributed by atoms with Crippen LogP contribution in [0.5, 0.6) is 5.75 Å². The number of aromatic hydroxyl groups is 1. The summed E-state index contributed by atoms with van der Waals surface area (Å²) in [6.45, 7) is 1.60. The summed E-state index contributed by atoms with van der Waals surface area (Å²) in [4.78, 5) is 10.2. The lowest BCUT2D eigenvalue weighted by atomic mass is 9.99. The number of nitro benzene ring substituents is 1. The first kappa shape index (κ1) is 13.7. The minimum atomic E-state index is -0.562. The molecule has 0 unspecified atom stereocenters. The zero-order valence-electron chi connectivity index (χ0n) is 9.42. The van der Waals surface area contributed by atoms with Crippen molar-refractivity contribution in [1.82, 2.24) is 0 Å². The summed E-state index contributed by atoms with van der Waals surface area (Å²) < 4.78 is 0. The number of halogens is 1. The zero-order chi connectivity index (χ0) is 11.9. The summed E-state index contributed by atoms with van der Waals surface area (Å²) in [5, 5.41) is 20.7. The maximum Gasteiger partial charge on any atom is 0.313 e. The number of rotatable bonds is 3. The van der Waals surface area contributed by atoms with E-state index in [-0.39, 0.29) is 29.9 Å². The lowest BCUT2D eigenvalue weighted by Crippen LogP contribution is -2.13. The van der Waals surface area contributed by atoms with Crippen LogP contribution in [0.25, 0.3) is 0 Å². The highest BCUT2D eigenvalue weighted by Crippen LogP contribution is 2.44. The summed E-state index contributed by atoms with van der Waals surface area (Å²) in [5.41, 5.74) is 6.65. The van der Waals surface area contributed by atoms with Crippen molar-refractivity contribution in [1.29, 1.82) is 0 Å². The standard InChI is InChI=1S/C11H14N2O3.ClH/c1-6-2-5-8(9(12)7-3-4-7)11(14)10(6)13(15)16;/h2,5,7,9,14H,3-4,12H2,1H3;1H/t9-;/m0./s1. The number of hydrogen-bond donors (Lipinski definition) is 2. The maximum absolute atomic E-state index is 10.8. The van der Waals surface area contributed by atoms with Crippen LogP contribution in [-0.2, 0) is 0 Å². The topological polar surface area (TPSA) is 89.4 Å². The van der Waals surface area contributed by atoms with Crippen LogP contribution in [-0.4, -0.2) is 10.0 Å². The second-order valence-corrected chi connectivity index (χ2v) is 4.29. The molecule has 2 rings (SSSR count). The molecule has 6 heteroatoms. The number of phenolic OH excluding ortho intramolecular Hbond substituents is 1. The van der Waals surface area contributed by atoms with Gasteiger partial charge in [-0.05, 0) is 25.7 Å². The number of aryl methyl sites for hydroxylation is 1. The number of nitrogens with zero attached hydrogens (tertiary/aromatic N) is 1. The van der Waals surface area contributed by atoms with Gasteiger partial charge in [-0.3, -0.25) is 10.1 Å². The first-order valence-corrected chi connectivity index (χ1v) is 5.24. The molecule has 1 aliphatic carbocycles. The van der Waals surface area contributed by atoms with Crippen molar-refractivity contribution in [2.24, 2.45) is 11.7 Å². The third kappa shape index (κ3) is 2.50. The minimum absolute atomic E-state index is 0. The van der Waals surface area contributed by atoms with Gasteiger partial charge in [0.2, 0.25) is 0 Å². The van der Waals surface area contributed by atoms with Gasteiger partial charge in [-0.1, -0.05) is 12.1 Å². The fourth-order valence-corrected chi connectivity index (χ4v) is 1.90. The third-order valence-corrected chi connectivity index (χ3v) is 3.06. The first-order chi connectivity index (χ1) is 7.52. The highest BCUT2D eigenvalue weighted by Gasteiger charge is 2.33. The fraction of sp³-hybridized carbons (Fsp3) is 0.455. The molecule has 5 nitrogen and oxygen atoms in total.